The molecule has 0 unspecified atom stereocenters. The van der Waals surface area contributed by atoms with Crippen LogP contribution in [0, 0.1) is 0 Å². The number of benzene rings is 2. The second-order valence-corrected chi connectivity index (χ2v) is 7.21. The number of nitrogens with zero attached hydrogens (tertiary/aromatic N) is 1. The van der Waals surface area contributed by atoms with Crippen molar-refractivity contribution in [1.82, 2.24) is 4.98 Å². The van der Waals surface area contributed by atoms with Gasteiger partial charge in [0, 0.05) is 22.3 Å². The minimum Gasteiger partial charge on any atom is -0.497 e. The molecule has 0 aliphatic carbocycles. The van der Waals surface area contributed by atoms with Crippen LogP contribution >= 0.6 is 34.5 Å². The molecule has 0 saturated heterocycles. The lowest BCUT2D eigenvalue weighted by Gasteiger charge is -2.06. The van der Waals surface area contributed by atoms with Crippen molar-refractivity contribution in [2.24, 2.45) is 0 Å². The first kappa shape index (κ1) is 18.5. The zero-order valence-corrected chi connectivity index (χ0v) is 16.0. The molecule has 0 atom stereocenters. The first-order valence-electron chi connectivity index (χ1n) is 7.61. The summed E-state index contributed by atoms with van der Waals surface area (Å²) in [6.45, 7) is 0. The molecule has 2 N–H and O–H groups in total. The summed E-state index contributed by atoms with van der Waals surface area (Å²) in [6, 6.07) is 14.9. The van der Waals surface area contributed by atoms with Crippen LogP contribution in [0.15, 0.2) is 53.9 Å². The number of carbonyl (C=O) groups is 1. The van der Waals surface area contributed by atoms with Crippen molar-refractivity contribution < 1.29 is 9.53 Å². The molecule has 0 aliphatic heterocycles. The van der Waals surface area contributed by atoms with Gasteiger partial charge in [-0.05, 0) is 36.4 Å². The number of methoxy groups -OCH3 is 1. The summed E-state index contributed by atoms with van der Waals surface area (Å²) >= 11 is 12.6. The Balaban J connectivity index is 1.67. The summed E-state index contributed by atoms with van der Waals surface area (Å²) in [5.74, 6) is 0.345. The zero-order chi connectivity index (χ0) is 18.5. The Kier molecular flexibility index (Phi) is 5.98. The van der Waals surface area contributed by atoms with Crippen molar-refractivity contribution in [3.63, 3.8) is 0 Å². The average Bonchev–Trinajstić information content (AvgIpc) is 3.11. The van der Waals surface area contributed by atoms with Crippen LogP contribution in [-0.2, 0) is 4.79 Å². The Hall–Kier alpha value is -2.28. The number of alkyl halides is 2. The first-order chi connectivity index (χ1) is 12.5. The molecule has 1 amide bonds. The van der Waals surface area contributed by atoms with Crippen molar-refractivity contribution in [1.29, 1.82) is 0 Å². The normalized spacial score (nSPS) is 10.6. The molecule has 0 bridgehead atoms. The summed E-state index contributed by atoms with van der Waals surface area (Å²) in [5, 5.41) is 8.64. The van der Waals surface area contributed by atoms with Gasteiger partial charge in [-0.2, -0.15) is 0 Å². The number of hydrogen-bond donors (Lipinski definition) is 2. The van der Waals surface area contributed by atoms with Gasteiger partial charge in [-0.15, -0.1) is 11.3 Å². The van der Waals surface area contributed by atoms with E-state index in [9.17, 15) is 4.79 Å². The highest BCUT2D eigenvalue weighted by Gasteiger charge is 2.11. The Morgan fingerprint density at radius 1 is 1.08 bits per heavy atom. The molecular formula is C18H15Cl2N3O2S. The molecule has 1 aromatic heterocycles. The third-order valence-corrected chi connectivity index (χ3v) is 4.65. The second kappa shape index (κ2) is 8.40. The number of halogens is 2. The standard InChI is InChI=1S/C18H15Cl2N3O2S/c1-25-14-8-6-13(7-9-14)22-18-23-15(10-26-18)11-2-4-12(5-3-11)21-17(24)16(19)20/h2-10,16H,1H3,(H,21,24)(H,22,23). The van der Waals surface area contributed by atoms with Gasteiger partial charge in [0.05, 0.1) is 12.8 Å². The molecule has 134 valence electrons. The van der Waals surface area contributed by atoms with Gasteiger partial charge in [0.15, 0.2) is 9.97 Å². The molecule has 3 aromatic rings. The Labute approximate surface area is 164 Å². The van der Waals surface area contributed by atoms with Gasteiger partial charge in [0.2, 0.25) is 0 Å². The van der Waals surface area contributed by atoms with Gasteiger partial charge < -0.3 is 15.4 Å². The fourth-order valence-electron chi connectivity index (χ4n) is 2.18. The number of anilines is 3. The monoisotopic (exact) mass is 407 g/mol. The molecule has 0 saturated carbocycles. The van der Waals surface area contributed by atoms with Gasteiger partial charge >= 0.3 is 0 Å². The third-order valence-electron chi connectivity index (χ3n) is 3.49. The smallest absolute Gasteiger partial charge is 0.257 e. The average molecular weight is 408 g/mol. The lowest BCUT2D eigenvalue weighted by molar-refractivity contribution is -0.114. The van der Waals surface area contributed by atoms with Crippen molar-refractivity contribution >= 4 is 57.0 Å². The highest BCUT2D eigenvalue weighted by atomic mass is 35.5. The third kappa shape index (κ3) is 4.66. The number of rotatable bonds is 6. The van der Waals surface area contributed by atoms with Crippen LogP contribution < -0.4 is 15.4 Å². The van der Waals surface area contributed by atoms with Crippen LogP contribution in [0.4, 0.5) is 16.5 Å². The largest absolute Gasteiger partial charge is 0.497 e. The second-order valence-electron chi connectivity index (χ2n) is 5.26. The molecule has 0 spiro atoms. The Bertz CT molecular complexity index is 880. The quantitative estimate of drug-likeness (QED) is 0.543. The summed E-state index contributed by atoms with van der Waals surface area (Å²) in [5.41, 5.74) is 3.34. The van der Waals surface area contributed by atoms with E-state index in [4.69, 9.17) is 27.9 Å². The Morgan fingerprint density at radius 2 is 1.73 bits per heavy atom. The van der Waals surface area contributed by atoms with Gasteiger partial charge in [-0.1, -0.05) is 35.3 Å². The van der Waals surface area contributed by atoms with E-state index in [1.54, 1.807) is 19.2 Å². The van der Waals surface area contributed by atoms with Crippen LogP contribution in [0.25, 0.3) is 11.3 Å². The molecule has 5 nitrogen and oxygen atoms in total. The lowest BCUT2D eigenvalue weighted by atomic mass is 10.1. The number of amides is 1. The predicted octanol–water partition coefficient (Wildman–Crippen LogP) is 5.30. The maximum absolute atomic E-state index is 11.5. The highest BCUT2D eigenvalue weighted by molar-refractivity contribution is 7.14. The lowest BCUT2D eigenvalue weighted by Crippen LogP contribution is -2.18. The fourth-order valence-corrected chi connectivity index (χ4v) is 3.03. The van der Waals surface area contributed by atoms with Gasteiger partial charge in [-0.25, -0.2) is 4.98 Å². The van der Waals surface area contributed by atoms with E-state index in [0.717, 1.165) is 27.8 Å². The molecule has 0 aliphatic rings. The van der Waals surface area contributed by atoms with E-state index in [1.807, 2.05) is 41.8 Å². The molecule has 2 aromatic carbocycles. The molecule has 0 fully saturated rings. The minimum absolute atomic E-state index is 0.458. The van der Waals surface area contributed by atoms with Crippen molar-refractivity contribution in [2.75, 3.05) is 17.7 Å². The van der Waals surface area contributed by atoms with E-state index in [-0.39, 0.29) is 0 Å². The predicted molar refractivity (Wildman–Crippen MR) is 108 cm³/mol. The number of thiazole rings is 1. The van der Waals surface area contributed by atoms with Gasteiger partial charge in [0.1, 0.15) is 5.75 Å². The van der Waals surface area contributed by atoms with Crippen LogP contribution in [0.5, 0.6) is 5.75 Å². The molecule has 0 radical (unpaired) electrons. The van der Waals surface area contributed by atoms with Gasteiger partial charge in [-0.3, -0.25) is 4.79 Å². The Morgan fingerprint density at radius 3 is 2.35 bits per heavy atom. The molecule has 26 heavy (non-hydrogen) atoms. The number of hydrogen-bond acceptors (Lipinski definition) is 5. The summed E-state index contributed by atoms with van der Waals surface area (Å²) in [6.07, 6.45) is 0. The van der Waals surface area contributed by atoms with Gasteiger partial charge in [0.25, 0.3) is 5.91 Å². The molecule has 3 rings (SSSR count). The van der Waals surface area contributed by atoms with Crippen molar-refractivity contribution in [3.8, 4) is 17.0 Å². The van der Waals surface area contributed by atoms with Crippen LogP contribution in [0.1, 0.15) is 0 Å². The van der Waals surface area contributed by atoms with E-state index in [1.165, 1.54) is 11.3 Å². The minimum atomic E-state index is -1.10. The number of aromatic nitrogens is 1. The topological polar surface area (TPSA) is 63.2 Å². The zero-order valence-electron chi connectivity index (χ0n) is 13.7. The number of ether oxygens (including phenoxy) is 1. The van der Waals surface area contributed by atoms with Crippen molar-refractivity contribution in [2.45, 2.75) is 4.84 Å². The SMILES string of the molecule is COc1ccc(Nc2nc(-c3ccc(NC(=O)C(Cl)Cl)cc3)cs2)cc1. The first-order valence-corrected chi connectivity index (χ1v) is 9.36. The van der Waals surface area contributed by atoms with Crippen LogP contribution in [-0.4, -0.2) is 22.8 Å². The molecule has 1 heterocycles. The summed E-state index contributed by atoms with van der Waals surface area (Å²) in [4.78, 5) is 15.0. The van der Waals surface area contributed by atoms with E-state index >= 15 is 0 Å². The number of nitrogens with one attached hydrogen (secondary N) is 2. The maximum Gasteiger partial charge on any atom is 0.257 e. The number of carbonyl (C=O) groups excluding carboxylic acids is 1. The maximum atomic E-state index is 11.5. The van der Waals surface area contributed by atoms with E-state index in [0.29, 0.717) is 5.69 Å². The fraction of sp³-hybridized carbons (Fsp3) is 0.111. The van der Waals surface area contributed by atoms with E-state index < -0.39 is 10.7 Å². The van der Waals surface area contributed by atoms with E-state index in [2.05, 4.69) is 15.6 Å². The van der Waals surface area contributed by atoms with Crippen LogP contribution in [0.3, 0.4) is 0 Å². The van der Waals surface area contributed by atoms with Crippen molar-refractivity contribution in [3.05, 3.63) is 53.9 Å². The highest BCUT2D eigenvalue weighted by Crippen LogP contribution is 2.28. The molecular weight excluding hydrogens is 393 g/mol. The molecule has 8 heteroatoms. The summed E-state index contributed by atoms with van der Waals surface area (Å²) in [7, 11) is 1.63. The van der Waals surface area contributed by atoms with Crippen LogP contribution in [0.2, 0.25) is 0 Å². The summed E-state index contributed by atoms with van der Waals surface area (Å²) < 4.78 is 5.15.